The highest BCUT2D eigenvalue weighted by Gasteiger charge is 2.28. The Bertz CT molecular complexity index is 171. The van der Waals surface area contributed by atoms with Crippen molar-refractivity contribution in [3.05, 3.63) is 12.7 Å². The molecule has 0 heterocycles. The van der Waals surface area contributed by atoms with Crippen molar-refractivity contribution in [2.75, 3.05) is 0 Å². The Kier molecular flexibility index (Phi) is 3.32. The molecule has 1 amide bonds. The summed E-state index contributed by atoms with van der Waals surface area (Å²) in [5.74, 6) is 0.820. The Morgan fingerprint density at radius 2 is 2.33 bits per heavy atom. The van der Waals surface area contributed by atoms with Gasteiger partial charge in [-0.25, -0.2) is 0 Å². The van der Waals surface area contributed by atoms with Gasteiger partial charge in [-0.15, -0.1) is 0 Å². The second kappa shape index (κ2) is 4.29. The molecule has 1 rings (SSSR count). The third-order valence-electron chi connectivity index (χ3n) is 2.46. The second-order valence-corrected chi connectivity index (χ2v) is 3.54. The largest absolute Gasteiger partial charge is 0.350 e. The van der Waals surface area contributed by atoms with E-state index >= 15 is 0 Å². The molecule has 0 aromatic carbocycles. The molecule has 1 saturated carbocycles. The third kappa shape index (κ3) is 2.36. The van der Waals surface area contributed by atoms with Crippen LogP contribution in [0.25, 0.3) is 0 Å². The summed E-state index contributed by atoms with van der Waals surface area (Å²) in [5.41, 5.74) is 0. The maximum absolute atomic E-state index is 10.9. The summed E-state index contributed by atoms with van der Waals surface area (Å²) in [5, 5.41) is 2.90. The summed E-state index contributed by atoms with van der Waals surface area (Å²) in [6, 6.07) is 0.423. The molecule has 0 atom stereocenters. The highest BCUT2D eigenvalue weighted by atomic mass is 16.1. The van der Waals surface area contributed by atoms with Gasteiger partial charge in [0.05, 0.1) is 0 Å². The Labute approximate surface area is 74.0 Å². The number of carbonyl (C=O) groups excluding carboxylic acids is 1. The van der Waals surface area contributed by atoms with E-state index in [0.29, 0.717) is 6.04 Å². The molecule has 0 unspecified atom stereocenters. The van der Waals surface area contributed by atoms with Crippen LogP contribution in [0, 0.1) is 5.92 Å². The minimum absolute atomic E-state index is 0.0325. The lowest BCUT2D eigenvalue weighted by molar-refractivity contribution is -0.118. The first kappa shape index (κ1) is 9.30. The number of rotatable bonds is 4. The van der Waals surface area contributed by atoms with Crippen LogP contribution >= 0.6 is 0 Å². The molecule has 1 aliphatic carbocycles. The standard InChI is InChI=1S/C10H17NO/c1-3-5-8-6-9(7-8)11-10(12)4-2/h4,8-9H,2-3,5-7H2,1H3,(H,11,12)/t8-,9+. The van der Waals surface area contributed by atoms with Crippen molar-refractivity contribution >= 4 is 5.91 Å². The smallest absolute Gasteiger partial charge is 0.243 e. The third-order valence-corrected chi connectivity index (χ3v) is 2.46. The number of amides is 1. The molecular weight excluding hydrogens is 150 g/mol. The average molecular weight is 167 g/mol. The first-order valence-electron chi connectivity index (χ1n) is 4.69. The Balaban J connectivity index is 2.09. The van der Waals surface area contributed by atoms with Crippen molar-refractivity contribution in [1.82, 2.24) is 5.32 Å². The summed E-state index contributed by atoms with van der Waals surface area (Å²) in [6.45, 7) is 5.62. The average Bonchev–Trinajstić information content (AvgIpc) is 2.00. The molecule has 1 N–H and O–H groups in total. The maximum atomic E-state index is 10.9. The van der Waals surface area contributed by atoms with Crippen LogP contribution in [0.1, 0.15) is 32.6 Å². The molecule has 2 heteroatoms. The zero-order valence-electron chi connectivity index (χ0n) is 7.68. The molecule has 0 aliphatic heterocycles. The molecule has 0 aromatic heterocycles. The Hall–Kier alpha value is -0.790. The number of hydrogen-bond donors (Lipinski definition) is 1. The Morgan fingerprint density at radius 1 is 1.67 bits per heavy atom. The number of nitrogens with one attached hydrogen (secondary N) is 1. The summed E-state index contributed by atoms with van der Waals surface area (Å²) in [7, 11) is 0. The minimum atomic E-state index is -0.0325. The van der Waals surface area contributed by atoms with E-state index < -0.39 is 0 Å². The van der Waals surface area contributed by atoms with Crippen LogP contribution < -0.4 is 5.32 Å². The number of hydrogen-bond acceptors (Lipinski definition) is 1. The van der Waals surface area contributed by atoms with Gasteiger partial charge < -0.3 is 5.32 Å². The van der Waals surface area contributed by atoms with Crippen molar-refractivity contribution in [2.24, 2.45) is 5.92 Å². The van der Waals surface area contributed by atoms with Crippen molar-refractivity contribution in [2.45, 2.75) is 38.6 Å². The molecule has 1 fully saturated rings. The molecular formula is C10H17NO. The van der Waals surface area contributed by atoms with Gasteiger partial charge in [-0.3, -0.25) is 4.79 Å². The lowest BCUT2D eigenvalue weighted by atomic mass is 9.77. The molecule has 68 valence electrons. The summed E-state index contributed by atoms with van der Waals surface area (Å²) >= 11 is 0. The van der Waals surface area contributed by atoms with E-state index in [2.05, 4.69) is 18.8 Å². The fourth-order valence-corrected chi connectivity index (χ4v) is 1.76. The van der Waals surface area contributed by atoms with E-state index in [1.165, 1.54) is 18.9 Å². The van der Waals surface area contributed by atoms with Crippen molar-refractivity contribution < 1.29 is 4.79 Å². The van der Waals surface area contributed by atoms with Gasteiger partial charge in [0.1, 0.15) is 0 Å². The SMILES string of the molecule is C=CC(=O)N[C@H]1C[C@@H](CCC)C1. The van der Waals surface area contributed by atoms with Crippen molar-refractivity contribution in [3.63, 3.8) is 0 Å². The maximum Gasteiger partial charge on any atom is 0.243 e. The van der Waals surface area contributed by atoms with E-state index in [-0.39, 0.29) is 5.91 Å². The molecule has 0 aromatic rings. The van der Waals surface area contributed by atoms with Crippen molar-refractivity contribution in [3.8, 4) is 0 Å². The first-order chi connectivity index (χ1) is 5.76. The highest BCUT2D eigenvalue weighted by molar-refractivity contribution is 5.87. The lowest BCUT2D eigenvalue weighted by Gasteiger charge is -2.35. The van der Waals surface area contributed by atoms with Crippen LogP contribution in [0.2, 0.25) is 0 Å². The predicted octanol–water partition coefficient (Wildman–Crippen LogP) is 1.87. The van der Waals surface area contributed by atoms with Gasteiger partial charge >= 0.3 is 0 Å². The summed E-state index contributed by atoms with van der Waals surface area (Å²) < 4.78 is 0. The van der Waals surface area contributed by atoms with Gasteiger partial charge in [0, 0.05) is 6.04 Å². The fraction of sp³-hybridized carbons (Fsp3) is 0.700. The first-order valence-corrected chi connectivity index (χ1v) is 4.69. The minimum Gasteiger partial charge on any atom is -0.350 e. The van der Waals surface area contributed by atoms with Crippen molar-refractivity contribution in [1.29, 1.82) is 0 Å². The topological polar surface area (TPSA) is 29.1 Å². The van der Waals surface area contributed by atoms with E-state index in [1.807, 2.05) is 0 Å². The molecule has 0 bridgehead atoms. The van der Waals surface area contributed by atoms with Gasteiger partial charge in [-0.2, -0.15) is 0 Å². The van der Waals surface area contributed by atoms with Crippen LogP contribution in [-0.2, 0) is 4.79 Å². The van der Waals surface area contributed by atoms with Gasteiger partial charge in [0.15, 0.2) is 0 Å². The lowest BCUT2D eigenvalue weighted by Crippen LogP contribution is -2.43. The number of carbonyl (C=O) groups is 1. The van der Waals surface area contributed by atoms with Crippen LogP contribution in [-0.4, -0.2) is 11.9 Å². The summed E-state index contributed by atoms with van der Waals surface area (Å²) in [4.78, 5) is 10.9. The zero-order valence-corrected chi connectivity index (χ0v) is 7.68. The van der Waals surface area contributed by atoms with Crippen LogP contribution in [0.4, 0.5) is 0 Å². The van der Waals surface area contributed by atoms with Crippen LogP contribution in [0.5, 0.6) is 0 Å². The normalized spacial score (nSPS) is 27.4. The van der Waals surface area contributed by atoms with Crippen LogP contribution in [0.3, 0.4) is 0 Å². The van der Waals surface area contributed by atoms with E-state index in [1.54, 1.807) is 0 Å². The van der Waals surface area contributed by atoms with E-state index in [9.17, 15) is 4.79 Å². The molecule has 2 nitrogen and oxygen atoms in total. The monoisotopic (exact) mass is 167 g/mol. The van der Waals surface area contributed by atoms with E-state index in [0.717, 1.165) is 18.8 Å². The van der Waals surface area contributed by atoms with Gasteiger partial charge in [0.2, 0.25) is 5.91 Å². The molecule has 0 spiro atoms. The van der Waals surface area contributed by atoms with Gasteiger partial charge in [-0.1, -0.05) is 26.3 Å². The molecule has 12 heavy (non-hydrogen) atoms. The quantitative estimate of drug-likeness (QED) is 0.636. The highest BCUT2D eigenvalue weighted by Crippen LogP contribution is 2.30. The molecule has 0 radical (unpaired) electrons. The predicted molar refractivity (Wildman–Crippen MR) is 49.8 cm³/mol. The zero-order chi connectivity index (χ0) is 8.97. The molecule has 1 aliphatic rings. The Morgan fingerprint density at radius 3 is 2.83 bits per heavy atom. The van der Waals surface area contributed by atoms with E-state index in [4.69, 9.17) is 0 Å². The molecule has 0 saturated heterocycles. The summed E-state index contributed by atoms with van der Waals surface area (Å²) in [6.07, 6.45) is 6.22. The van der Waals surface area contributed by atoms with Crippen LogP contribution in [0.15, 0.2) is 12.7 Å². The fourth-order valence-electron chi connectivity index (χ4n) is 1.76. The second-order valence-electron chi connectivity index (χ2n) is 3.54. The van der Waals surface area contributed by atoms with Gasteiger partial charge in [-0.05, 0) is 24.8 Å². The van der Waals surface area contributed by atoms with Gasteiger partial charge in [0.25, 0.3) is 0 Å².